The number of nitrogens with one attached hydrogen (secondary N) is 1. The van der Waals surface area contributed by atoms with E-state index >= 15 is 0 Å². The van der Waals surface area contributed by atoms with Crippen LogP contribution >= 0.6 is 0 Å². The Kier molecular flexibility index (Phi) is 5.08. The highest BCUT2D eigenvalue weighted by atomic mass is 16.5. The summed E-state index contributed by atoms with van der Waals surface area (Å²) < 4.78 is 5.47. The molecular weight excluding hydrogens is 204 g/mol. The zero-order valence-corrected chi connectivity index (χ0v) is 9.11. The van der Waals surface area contributed by atoms with Gasteiger partial charge in [-0.2, -0.15) is 0 Å². The summed E-state index contributed by atoms with van der Waals surface area (Å²) in [5.41, 5.74) is 6.02. The molecule has 0 aromatic heterocycles. The summed E-state index contributed by atoms with van der Waals surface area (Å²) in [6.07, 6.45) is 1.69. The van der Waals surface area contributed by atoms with E-state index in [1.54, 1.807) is 6.08 Å². The lowest BCUT2D eigenvalue weighted by atomic mass is 10.2. The highest BCUT2D eigenvalue weighted by Crippen LogP contribution is 2.17. The number of benzene rings is 1. The number of hydrogen-bond donors (Lipinski definition) is 2. The van der Waals surface area contributed by atoms with Gasteiger partial charge in [-0.1, -0.05) is 30.9 Å². The quantitative estimate of drug-likeness (QED) is 0.669. The number of rotatable bonds is 7. The molecule has 0 aliphatic heterocycles. The lowest BCUT2D eigenvalue weighted by Crippen LogP contribution is -2.28. The Morgan fingerprint density at radius 3 is 2.94 bits per heavy atom. The minimum absolute atomic E-state index is 0.162. The van der Waals surface area contributed by atoms with Gasteiger partial charge in [-0.05, 0) is 6.07 Å². The van der Waals surface area contributed by atoms with Crippen LogP contribution in [0.5, 0.6) is 5.75 Å². The Hall–Kier alpha value is -1.81. The molecule has 0 fully saturated rings. The summed E-state index contributed by atoms with van der Waals surface area (Å²) in [7, 11) is 0. The van der Waals surface area contributed by atoms with Crippen molar-refractivity contribution in [2.75, 3.05) is 13.2 Å². The molecule has 1 aromatic rings. The van der Waals surface area contributed by atoms with Crippen molar-refractivity contribution in [3.8, 4) is 5.75 Å². The van der Waals surface area contributed by atoms with Gasteiger partial charge in [0.25, 0.3) is 0 Å². The van der Waals surface area contributed by atoms with E-state index in [0.29, 0.717) is 13.2 Å². The molecule has 4 heteroatoms. The average Bonchev–Trinajstić information content (AvgIpc) is 2.27. The third-order valence-corrected chi connectivity index (χ3v) is 1.94. The molecule has 16 heavy (non-hydrogen) atoms. The van der Waals surface area contributed by atoms with Crippen molar-refractivity contribution >= 4 is 5.91 Å². The first kappa shape index (κ1) is 12.3. The van der Waals surface area contributed by atoms with Crippen LogP contribution in [0.15, 0.2) is 36.9 Å². The van der Waals surface area contributed by atoms with E-state index in [0.717, 1.165) is 11.3 Å². The summed E-state index contributed by atoms with van der Waals surface area (Å²) in [6.45, 7) is 4.77. The van der Waals surface area contributed by atoms with Gasteiger partial charge in [0.15, 0.2) is 0 Å². The van der Waals surface area contributed by atoms with Crippen LogP contribution in [-0.4, -0.2) is 19.1 Å². The normalized spacial score (nSPS) is 9.75. The maximum Gasteiger partial charge on any atom is 0.231 e. The molecule has 4 nitrogen and oxygen atoms in total. The lowest BCUT2D eigenvalue weighted by Gasteiger charge is -2.10. The number of primary amides is 1. The molecule has 1 amide bonds. The van der Waals surface area contributed by atoms with E-state index in [-0.39, 0.29) is 12.5 Å². The van der Waals surface area contributed by atoms with Crippen molar-refractivity contribution in [1.82, 2.24) is 5.32 Å². The second-order valence-corrected chi connectivity index (χ2v) is 3.28. The molecule has 0 radical (unpaired) electrons. The molecule has 0 unspecified atom stereocenters. The molecule has 0 aliphatic rings. The number of nitrogens with two attached hydrogens (primary N) is 1. The first-order chi connectivity index (χ1) is 7.74. The van der Waals surface area contributed by atoms with Crippen molar-refractivity contribution in [1.29, 1.82) is 0 Å². The number of hydrogen-bond acceptors (Lipinski definition) is 3. The standard InChI is InChI=1S/C12H16N2O2/c1-2-7-16-11-6-4-3-5-10(11)8-14-9-12(13)15/h2-6,14H,1,7-9H2,(H2,13,15). The van der Waals surface area contributed by atoms with Crippen molar-refractivity contribution in [2.45, 2.75) is 6.54 Å². The predicted octanol–water partition coefficient (Wildman–Crippen LogP) is 0.826. The Bertz CT molecular complexity index is 364. The SMILES string of the molecule is C=CCOc1ccccc1CNCC(N)=O. The van der Waals surface area contributed by atoms with Gasteiger partial charge in [0.05, 0.1) is 6.54 Å². The van der Waals surface area contributed by atoms with E-state index in [2.05, 4.69) is 11.9 Å². The van der Waals surface area contributed by atoms with Gasteiger partial charge in [0.2, 0.25) is 5.91 Å². The zero-order valence-electron chi connectivity index (χ0n) is 9.11. The Balaban J connectivity index is 2.56. The van der Waals surface area contributed by atoms with Crippen LogP contribution in [-0.2, 0) is 11.3 Å². The zero-order chi connectivity index (χ0) is 11.8. The van der Waals surface area contributed by atoms with E-state index < -0.39 is 0 Å². The predicted molar refractivity (Wildman–Crippen MR) is 63.0 cm³/mol. The van der Waals surface area contributed by atoms with Gasteiger partial charge in [0.1, 0.15) is 12.4 Å². The van der Waals surface area contributed by atoms with Crippen LogP contribution in [0.3, 0.4) is 0 Å². The second-order valence-electron chi connectivity index (χ2n) is 3.28. The minimum atomic E-state index is -0.371. The molecule has 0 saturated heterocycles. The third-order valence-electron chi connectivity index (χ3n) is 1.94. The number of amides is 1. The molecule has 0 bridgehead atoms. The maximum atomic E-state index is 10.6. The largest absolute Gasteiger partial charge is 0.489 e. The van der Waals surface area contributed by atoms with Crippen molar-refractivity contribution < 1.29 is 9.53 Å². The monoisotopic (exact) mass is 220 g/mol. The second kappa shape index (κ2) is 6.63. The van der Waals surface area contributed by atoms with Crippen LogP contribution in [0.1, 0.15) is 5.56 Å². The van der Waals surface area contributed by atoms with Gasteiger partial charge in [-0.25, -0.2) is 0 Å². The van der Waals surface area contributed by atoms with Crippen molar-refractivity contribution in [3.63, 3.8) is 0 Å². The molecule has 3 N–H and O–H groups in total. The van der Waals surface area contributed by atoms with E-state index in [1.807, 2.05) is 24.3 Å². The van der Waals surface area contributed by atoms with Crippen LogP contribution in [0.4, 0.5) is 0 Å². The Labute approximate surface area is 95.1 Å². The molecule has 86 valence electrons. The Morgan fingerprint density at radius 1 is 1.50 bits per heavy atom. The van der Waals surface area contributed by atoms with Crippen LogP contribution in [0, 0.1) is 0 Å². The first-order valence-corrected chi connectivity index (χ1v) is 5.04. The highest BCUT2D eigenvalue weighted by molar-refractivity contribution is 5.75. The molecule has 0 aliphatic carbocycles. The van der Waals surface area contributed by atoms with Gasteiger partial charge in [-0.15, -0.1) is 0 Å². The van der Waals surface area contributed by atoms with Crippen LogP contribution in [0.2, 0.25) is 0 Å². The molecule has 1 aromatic carbocycles. The van der Waals surface area contributed by atoms with E-state index in [9.17, 15) is 4.79 Å². The third kappa shape index (κ3) is 4.14. The van der Waals surface area contributed by atoms with Crippen molar-refractivity contribution in [3.05, 3.63) is 42.5 Å². The molecule has 0 saturated carbocycles. The number of carbonyl (C=O) groups excluding carboxylic acids is 1. The van der Waals surface area contributed by atoms with Crippen LogP contribution < -0.4 is 15.8 Å². The fourth-order valence-corrected chi connectivity index (χ4v) is 1.26. The van der Waals surface area contributed by atoms with Crippen LogP contribution in [0.25, 0.3) is 0 Å². The summed E-state index contributed by atoms with van der Waals surface area (Å²) in [5.74, 6) is 0.420. The highest BCUT2D eigenvalue weighted by Gasteiger charge is 2.02. The number of carbonyl (C=O) groups is 1. The molecule has 0 spiro atoms. The number of ether oxygens (including phenoxy) is 1. The first-order valence-electron chi connectivity index (χ1n) is 5.04. The number of para-hydroxylation sites is 1. The average molecular weight is 220 g/mol. The van der Waals surface area contributed by atoms with Gasteiger partial charge >= 0.3 is 0 Å². The summed E-state index contributed by atoms with van der Waals surface area (Å²) >= 11 is 0. The minimum Gasteiger partial charge on any atom is -0.489 e. The fourth-order valence-electron chi connectivity index (χ4n) is 1.26. The molecule has 0 atom stereocenters. The smallest absolute Gasteiger partial charge is 0.231 e. The summed E-state index contributed by atoms with van der Waals surface area (Å²) in [4.78, 5) is 10.6. The molecule has 1 rings (SSSR count). The van der Waals surface area contributed by atoms with Gasteiger partial charge in [-0.3, -0.25) is 4.79 Å². The summed E-state index contributed by atoms with van der Waals surface area (Å²) in [5, 5.41) is 2.94. The molecular formula is C12H16N2O2. The van der Waals surface area contributed by atoms with Gasteiger partial charge in [0, 0.05) is 12.1 Å². The topological polar surface area (TPSA) is 64.3 Å². The van der Waals surface area contributed by atoms with Crippen molar-refractivity contribution in [2.24, 2.45) is 5.73 Å². The van der Waals surface area contributed by atoms with Gasteiger partial charge < -0.3 is 15.8 Å². The lowest BCUT2D eigenvalue weighted by molar-refractivity contribution is -0.117. The Morgan fingerprint density at radius 2 is 2.25 bits per heavy atom. The fraction of sp³-hybridized carbons (Fsp3) is 0.250. The van der Waals surface area contributed by atoms with E-state index in [1.165, 1.54) is 0 Å². The van der Waals surface area contributed by atoms with E-state index in [4.69, 9.17) is 10.5 Å². The maximum absolute atomic E-state index is 10.6. The molecule has 0 heterocycles. The summed E-state index contributed by atoms with van der Waals surface area (Å²) in [6, 6.07) is 7.63.